The van der Waals surface area contributed by atoms with E-state index in [1.807, 2.05) is 18.2 Å². The molecule has 3 aromatic heterocycles. The number of para-hydroxylation sites is 1. The van der Waals surface area contributed by atoms with Gasteiger partial charge in [0.15, 0.2) is 5.76 Å². The smallest absolute Gasteiger partial charge is 0.283 e. The minimum Gasteiger partial charge on any atom is -0.459 e. The number of hydrogen-bond donors (Lipinski definition) is 1. The van der Waals surface area contributed by atoms with Crippen LogP contribution in [0.15, 0.2) is 56.3 Å². The van der Waals surface area contributed by atoms with Gasteiger partial charge in [-0.15, -0.1) is 10.2 Å². The molecule has 0 atom stereocenters. The zero-order valence-electron chi connectivity index (χ0n) is 14.9. The van der Waals surface area contributed by atoms with Gasteiger partial charge in [-0.2, -0.15) is 0 Å². The highest BCUT2D eigenvalue weighted by Crippen LogP contribution is 2.19. The van der Waals surface area contributed by atoms with E-state index in [1.54, 1.807) is 24.5 Å². The number of aromatic amines is 1. The molecule has 4 rings (SSSR count). The molecular weight excluding hydrogens is 346 g/mol. The van der Waals surface area contributed by atoms with Crippen LogP contribution in [-0.2, 0) is 13.1 Å². The Morgan fingerprint density at radius 3 is 2.81 bits per heavy atom. The Labute approximate surface area is 154 Å². The standard InChI is InChI=1S/C19H19N5O3/c1-2-9-24(12-17-22-23-19(27-17)15-8-5-10-26-15)11-16-20-14-7-4-3-6-13(14)18(25)21-16/h3-8,10H,2,9,11-12H2,1H3,(H,20,21,25). The van der Waals surface area contributed by atoms with Gasteiger partial charge < -0.3 is 13.8 Å². The Hall–Kier alpha value is -3.26. The summed E-state index contributed by atoms with van der Waals surface area (Å²) in [5, 5.41) is 8.70. The molecule has 0 aliphatic carbocycles. The molecule has 0 saturated heterocycles. The molecule has 0 aliphatic heterocycles. The van der Waals surface area contributed by atoms with E-state index in [9.17, 15) is 4.79 Å². The molecule has 1 aromatic carbocycles. The number of rotatable bonds is 7. The van der Waals surface area contributed by atoms with Gasteiger partial charge in [-0.3, -0.25) is 9.69 Å². The SMILES string of the molecule is CCCN(Cc1nc2ccccc2c(=O)[nH]1)Cc1nnc(-c2ccco2)o1. The topological polar surface area (TPSA) is 101 Å². The van der Waals surface area contributed by atoms with Crippen LogP contribution in [0.3, 0.4) is 0 Å². The lowest BCUT2D eigenvalue weighted by Crippen LogP contribution is -2.26. The quantitative estimate of drug-likeness (QED) is 0.537. The van der Waals surface area contributed by atoms with Gasteiger partial charge in [0.2, 0.25) is 5.89 Å². The largest absolute Gasteiger partial charge is 0.459 e. The lowest BCUT2D eigenvalue weighted by molar-refractivity contribution is 0.226. The molecule has 0 bridgehead atoms. The highest BCUT2D eigenvalue weighted by atomic mass is 16.4. The molecule has 1 N–H and O–H groups in total. The monoisotopic (exact) mass is 365 g/mol. The number of fused-ring (bicyclic) bond motifs is 1. The summed E-state index contributed by atoms with van der Waals surface area (Å²) in [7, 11) is 0. The Kier molecular flexibility index (Phi) is 4.80. The molecule has 4 aromatic rings. The molecular formula is C19H19N5O3. The van der Waals surface area contributed by atoms with Crippen molar-refractivity contribution in [1.82, 2.24) is 25.1 Å². The van der Waals surface area contributed by atoms with Gasteiger partial charge in [0.25, 0.3) is 11.4 Å². The summed E-state index contributed by atoms with van der Waals surface area (Å²) in [6.07, 6.45) is 2.50. The molecule has 0 saturated carbocycles. The molecule has 0 radical (unpaired) electrons. The second-order valence-corrected chi connectivity index (χ2v) is 6.22. The molecule has 0 unspecified atom stereocenters. The molecule has 0 amide bonds. The van der Waals surface area contributed by atoms with Crippen molar-refractivity contribution in [2.45, 2.75) is 26.4 Å². The fraction of sp³-hybridized carbons (Fsp3) is 0.263. The molecule has 8 heteroatoms. The van der Waals surface area contributed by atoms with Crippen LogP contribution >= 0.6 is 0 Å². The normalized spacial score (nSPS) is 11.5. The summed E-state index contributed by atoms with van der Waals surface area (Å²) in [5.41, 5.74) is 0.551. The van der Waals surface area contributed by atoms with Gasteiger partial charge in [0.1, 0.15) is 5.82 Å². The van der Waals surface area contributed by atoms with Crippen LogP contribution in [0, 0.1) is 0 Å². The van der Waals surface area contributed by atoms with E-state index < -0.39 is 0 Å². The Morgan fingerprint density at radius 1 is 1.11 bits per heavy atom. The van der Waals surface area contributed by atoms with Gasteiger partial charge in [-0.25, -0.2) is 4.98 Å². The third kappa shape index (κ3) is 3.80. The maximum absolute atomic E-state index is 12.3. The fourth-order valence-corrected chi connectivity index (χ4v) is 2.96. The summed E-state index contributed by atoms with van der Waals surface area (Å²) in [4.78, 5) is 21.8. The van der Waals surface area contributed by atoms with Crippen molar-refractivity contribution < 1.29 is 8.83 Å². The van der Waals surface area contributed by atoms with Crippen LogP contribution in [0.1, 0.15) is 25.1 Å². The first-order valence-corrected chi connectivity index (χ1v) is 8.79. The lowest BCUT2D eigenvalue weighted by atomic mass is 10.2. The first-order chi connectivity index (χ1) is 13.2. The minimum atomic E-state index is -0.134. The highest BCUT2D eigenvalue weighted by Gasteiger charge is 2.15. The summed E-state index contributed by atoms with van der Waals surface area (Å²) in [5.74, 6) is 1.98. The number of nitrogens with zero attached hydrogens (tertiary/aromatic N) is 4. The van der Waals surface area contributed by atoms with Crippen molar-refractivity contribution in [2.24, 2.45) is 0 Å². The number of benzene rings is 1. The predicted molar refractivity (Wildman–Crippen MR) is 98.8 cm³/mol. The molecule has 0 aliphatic rings. The van der Waals surface area contributed by atoms with Gasteiger partial charge in [0, 0.05) is 0 Å². The first kappa shape index (κ1) is 17.2. The summed E-state index contributed by atoms with van der Waals surface area (Å²) >= 11 is 0. The summed E-state index contributed by atoms with van der Waals surface area (Å²) in [6.45, 7) is 3.82. The lowest BCUT2D eigenvalue weighted by Gasteiger charge is -2.19. The van der Waals surface area contributed by atoms with E-state index in [1.165, 1.54) is 0 Å². The second kappa shape index (κ2) is 7.55. The maximum Gasteiger partial charge on any atom is 0.283 e. The van der Waals surface area contributed by atoms with Crippen molar-refractivity contribution in [3.63, 3.8) is 0 Å². The van der Waals surface area contributed by atoms with E-state index in [4.69, 9.17) is 8.83 Å². The Balaban J connectivity index is 1.54. The zero-order chi connectivity index (χ0) is 18.6. The van der Waals surface area contributed by atoms with Crippen LogP contribution in [0.5, 0.6) is 0 Å². The van der Waals surface area contributed by atoms with Crippen LogP contribution in [0.2, 0.25) is 0 Å². The van der Waals surface area contributed by atoms with Crippen molar-refractivity contribution >= 4 is 10.9 Å². The Bertz CT molecular complexity index is 1080. The third-order valence-electron chi connectivity index (χ3n) is 4.13. The summed E-state index contributed by atoms with van der Waals surface area (Å²) in [6, 6.07) is 10.8. The van der Waals surface area contributed by atoms with Crippen molar-refractivity contribution in [3.8, 4) is 11.7 Å². The van der Waals surface area contributed by atoms with E-state index in [2.05, 4.69) is 32.0 Å². The number of hydrogen-bond acceptors (Lipinski definition) is 7. The molecule has 8 nitrogen and oxygen atoms in total. The number of furan rings is 1. The minimum absolute atomic E-state index is 0.134. The van der Waals surface area contributed by atoms with Crippen LogP contribution < -0.4 is 5.56 Å². The van der Waals surface area contributed by atoms with E-state index in [-0.39, 0.29) is 5.56 Å². The molecule has 0 fully saturated rings. The summed E-state index contributed by atoms with van der Waals surface area (Å²) < 4.78 is 11.0. The molecule has 0 spiro atoms. The van der Waals surface area contributed by atoms with Gasteiger partial charge in [-0.05, 0) is 37.2 Å². The average Bonchev–Trinajstić information content (AvgIpc) is 3.33. The van der Waals surface area contributed by atoms with E-state index in [0.29, 0.717) is 47.4 Å². The highest BCUT2D eigenvalue weighted by molar-refractivity contribution is 5.77. The van der Waals surface area contributed by atoms with Gasteiger partial charge in [-0.1, -0.05) is 19.1 Å². The Morgan fingerprint density at radius 2 is 2.00 bits per heavy atom. The van der Waals surface area contributed by atoms with Crippen molar-refractivity contribution in [1.29, 1.82) is 0 Å². The third-order valence-corrected chi connectivity index (χ3v) is 4.13. The molecule has 27 heavy (non-hydrogen) atoms. The van der Waals surface area contributed by atoms with Crippen molar-refractivity contribution in [3.05, 3.63) is 64.7 Å². The number of H-pyrrole nitrogens is 1. The van der Waals surface area contributed by atoms with E-state index >= 15 is 0 Å². The predicted octanol–water partition coefficient (Wildman–Crippen LogP) is 2.98. The van der Waals surface area contributed by atoms with Crippen molar-refractivity contribution in [2.75, 3.05) is 6.54 Å². The zero-order valence-corrected chi connectivity index (χ0v) is 14.9. The number of nitrogens with one attached hydrogen (secondary N) is 1. The molecule has 138 valence electrons. The first-order valence-electron chi connectivity index (χ1n) is 8.79. The van der Waals surface area contributed by atoms with Gasteiger partial charge >= 0.3 is 0 Å². The second-order valence-electron chi connectivity index (χ2n) is 6.22. The van der Waals surface area contributed by atoms with Crippen LogP contribution in [0.4, 0.5) is 0 Å². The van der Waals surface area contributed by atoms with Gasteiger partial charge in [0.05, 0.1) is 30.3 Å². The van der Waals surface area contributed by atoms with Crippen LogP contribution in [0.25, 0.3) is 22.6 Å². The average molecular weight is 365 g/mol. The molecule has 3 heterocycles. The fourth-order valence-electron chi connectivity index (χ4n) is 2.96. The maximum atomic E-state index is 12.3. The van der Waals surface area contributed by atoms with E-state index in [0.717, 1.165) is 13.0 Å². The van der Waals surface area contributed by atoms with Crippen LogP contribution in [-0.4, -0.2) is 31.6 Å². The number of aromatic nitrogens is 4.